The van der Waals surface area contributed by atoms with Crippen LogP contribution in [0.25, 0.3) is 0 Å². The molecule has 0 unspecified atom stereocenters. The Hall–Kier alpha value is -0.870. The number of nitrogens with zero attached hydrogens (tertiary/aromatic N) is 1. The zero-order valence-corrected chi connectivity index (χ0v) is 11.2. The van der Waals surface area contributed by atoms with Crippen molar-refractivity contribution >= 4 is 27.9 Å². The first-order valence-electron chi connectivity index (χ1n) is 5.21. The van der Waals surface area contributed by atoms with Gasteiger partial charge in [-0.2, -0.15) is 0 Å². The number of aryl methyl sites for hydroxylation is 1. The van der Waals surface area contributed by atoms with Crippen LogP contribution in [-0.2, 0) is 11.2 Å². The van der Waals surface area contributed by atoms with Crippen molar-refractivity contribution in [3.05, 3.63) is 28.2 Å². The third-order valence-corrected chi connectivity index (χ3v) is 2.94. The quantitative estimate of drug-likeness (QED) is 0.841. The van der Waals surface area contributed by atoms with Gasteiger partial charge in [-0.25, -0.2) is 0 Å². The Labute approximate surface area is 105 Å². The summed E-state index contributed by atoms with van der Waals surface area (Å²) in [5.41, 5.74) is 7.96. The zero-order chi connectivity index (χ0) is 12.1. The van der Waals surface area contributed by atoms with Crippen LogP contribution in [0.5, 0.6) is 0 Å². The fraction of sp³-hybridized carbons (Fsp3) is 0.417. The van der Waals surface area contributed by atoms with E-state index in [1.165, 1.54) is 5.56 Å². The van der Waals surface area contributed by atoms with Crippen LogP contribution in [0.3, 0.4) is 0 Å². The van der Waals surface area contributed by atoms with Crippen molar-refractivity contribution in [1.29, 1.82) is 0 Å². The Balaban J connectivity index is 2.82. The highest BCUT2D eigenvalue weighted by Crippen LogP contribution is 2.24. The highest BCUT2D eigenvalue weighted by atomic mass is 79.9. The third kappa shape index (κ3) is 3.61. The van der Waals surface area contributed by atoms with Crippen LogP contribution in [-0.4, -0.2) is 26.4 Å². The number of carbonyl (C=O) groups excluding carboxylic acids is 1. The van der Waals surface area contributed by atoms with Gasteiger partial charge in [0.1, 0.15) is 6.29 Å². The van der Waals surface area contributed by atoms with Gasteiger partial charge in [0, 0.05) is 24.3 Å². The summed E-state index contributed by atoms with van der Waals surface area (Å²) in [7, 11) is 4.01. The van der Waals surface area contributed by atoms with E-state index < -0.39 is 0 Å². The van der Waals surface area contributed by atoms with E-state index in [0.29, 0.717) is 6.42 Å². The van der Waals surface area contributed by atoms with Crippen LogP contribution in [0.1, 0.15) is 12.0 Å². The van der Waals surface area contributed by atoms with Gasteiger partial charge >= 0.3 is 0 Å². The Bertz CT molecular complexity index is 366. The first kappa shape index (κ1) is 13.2. The monoisotopic (exact) mass is 284 g/mol. The van der Waals surface area contributed by atoms with Crippen LogP contribution in [0.2, 0.25) is 0 Å². The lowest BCUT2D eigenvalue weighted by Crippen LogP contribution is -2.22. The molecule has 0 radical (unpaired) electrons. The molecule has 0 amide bonds. The summed E-state index contributed by atoms with van der Waals surface area (Å²) in [5.74, 6) is 0. The van der Waals surface area contributed by atoms with E-state index in [-0.39, 0.29) is 6.04 Å². The van der Waals surface area contributed by atoms with Crippen molar-refractivity contribution in [2.45, 2.75) is 18.9 Å². The van der Waals surface area contributed by atoms with Crippen LogP contribution in [0, 0.1) is 0 Å². The fourth-order valence-corrected chi connectivity index (χ4v) is 1.90. The molecule has 1 rings (SSSR count). The molecule has 1 atom stereocenters. The number of anilines is 1. The number of aldehydes is 1. The van der Waals surface area contributed by atoms with Crippen LogP contribution in [0.4, 0.5) is 5.69 Å². The molecule has 16 heavy (non-hydrogen) atoms. The average Bonchev–Trinajstić information content (AvgIpc) is 2.26. The molecule has 0 aliphatic rings. The predicted molar refractivity (Wildman–Crippen MR) is 70.8 cm³/mol. The van der Waals surface area contributed by atoms with Gasteiger partial charge in [0.2, 0.25) is 0 Å². The lowest BCUT2D eigenvalue weighted by atomic mass is 10.0. The molecule has 88 valence electrons. The second kappa shape index (κ2) is 6.01. The normalized spacial score (nSPS) is 12.2. The average molecular weight is 285 g/mol. The Kier molecular flexibility index (Phi) is 4.96. The Morgan fingerprint density at radius 1 is 1.50 bits per heavy atom. The third-order valence-electron chi connectivity index (χ3n) is 2.45. The zero-order valence-electron chi connectivity index (χ0n) is 9.61. The highest BCUT2D eigenvalue weighted by molar-refractivity contribution is 9.10. The van der Waals surface area contributed by atoms with E-state index in [2.05, 4.69) is 33.0 Å². The molecule has 0 bridgehead atoms. The predicted octanol–water partition coefficient (Wildman–Crippen LogP) is 1.97. The van der Waals surface area contributed by atoms with Gasteiger partial charge in [-0.15, -0.1) is 0 Å². The molecule has 4 heteroatoms. The smallest absolute Gasteiger partial charge is 0.136 e. The van der Waals surface area contributed by atoms with Crippen molar-refractivity contribution in [1.82, 2.24) is 0 Å². The number of halogens is 1. The number of nitrogens with two attached hydrogens (primary N) is 1. The summed E-state index contributed by atoms with van der Waals surface area (Å²) in [5, 5.41) is 0. The van der Waals surface area contributed by atoms with Crippen molar-refractivity contribution in [3.8, 4) is 0 Å². The molecule has 0 fully saturated rings. The van der Waals surface area contributed by atoms with Crippen LogP contribution < -0.4 is 10.6 Å². The van der Waals surface area contributed by atoms with E-state index in [0.717, 1.165) is 22.9 Å². The van der Waals surface area contributed by atoms with E-state index >= 15 is 0 Å². The minimum absolute atomic E-state index is 0.362. The topological polar surface area (TPSA) is 46.3 Å². The molecule has 0 heterocycles. The van der Waals surface area contributed by atoms with E-state index in [1.807, 2.05) is 20.2 Å². The standard InChI is InChI=1S/C12H17BrN2O/c1-15(2)12-7-10(13)5-3-9(12)4-6-11(14)8-16/h3,5,7-8,11H,4,6,14H2,1-2H3/t11-/m0/s1. The van der Waals surface area contributed by atoms with Gasteiger partial charge in [-0.05, 0) is 30.5 Å². The summed E-state index contributed by atoms with van der Waals surface area (Å²) in [6.07, 6.45) is 2.31. The molecule has 0 aromatic heterocycles. The second-order valence-electron chi connectivity index (χ2n) is 4.01. The van der Waals surface area contributed by atoms with E-state index in [4.69, 9.17) is 5.73 Å². The molecule has 3 nitrogen and oxygen atoms in total. The van der Waals surface area contributed by atoms with Gasteiger partial charge in [-0.1, -0.05) is 22.0 Å². The number of carbonyl (C=O) groups is 1. The first-order chi connectivity index (χ1) is 7.54. The fourth-order valence-electron chi connectivity index (χ4n) is 1.55. The van der Waals surface area contributed by atoms with Gasteiger partial charge in [0.25, 0.3) is 0 Å². The first-order valence-corrected chi connectivity index (χ1v) is 6.00. The van der Waals surface area contributed by atoms with E-state index in [1.54, 1.807) is 0 Å². The van der Waals surface area contributed by atoms with Gasteiger partial charge in [0.15, 0.2) is 0 Å². The molecule has 1 aromatic rings. The number of rotatable bonds is 5. The molecule has 2 N–H and O–H groups in total. The second-order valence-corrected chi connectivity index (χ2v) is 4.92. The molecule has 0 aliphatic carbocycles. The maximum atomic E-state index is 10.5. The minimum Gasteiger partial charge on any atom is -0.377 e. The maximum Gasteiger partial charge on any atom is 0.136 e. The van der Waals surface area contributed by atoms with Crippen molar-refractivity contribution in [2.24, 2.45) is 5.73 Å². The van der Waals surface area contributed by atoms with Gasteiger partial charge in [-0.3, -0.25) is 0 Å². The minimum atomic E-state index is -0.362. The lowest BCUT2D eigenvalue weighted by Gasteiger charge is -2.18. The molecule has 0 spiro atoms. The maximum absolute atomic E-state index is 10.5. The SMILES string of the molecule is CN(C)c1cc(Br)ccc1CC[C@H](N)C=O. The number of hydrogen-bond donors (Lipinski definition) is 1. The van der Waals surface area contributed by atoms with Crippen molar-refractivity contribution in [3.63, 3.8) is 0 Å². The summed E-state index contributed by atoms with van der Waals surface area (Å²) >= 11 is 3.45. The molecule has 0 saturated heterocycles. The van der Waals surface area contributed by atoms with Crippen molar-refractivity contribution in [2.75, 3.05) is 19.0 Å². The van der Waals surface area contributed by atoms with Gasteiger partial charge in [0.05, 0.1) is 6.04 Å². The molecule has 0 aliphatic heterocycles. The number of benzene rings is 1. The Morgan fingerprint density at radius 2 is 2.19 bits per heavy atom. The molecular weight excluding hydrogens is 268 g/mol. The molecule has 0 saturated carbocycles. The lowest BCUT2D eigenvalue weighted by molar-refractivity contribution is -0.109. The van der Waals surface area contributed by atoms with Gasteiger partial charge < -0.3 is 15.4 Å². The molecular formula is C12H17BrN2O. The number of hydrogen-bond acceptors (Lipinski definition) is 3. The largest absolute Gasteiger partial charge is 0.377 e. The van der Waals surface area contributed by atoms with Crippen LogP contribution >= 0.6 is 15.9 Å². The highest BCUT2D eigenvalue weighted by Gasteiger charge is 2.07. The van der Waals surface area contributed by atoms with Crippen molar-refractivity contribution < 1.29 is 4.79 Å². The Morgan fingerprint density at radius 3 is 2.75 bits per heavy atom. The van der Waals surface area contributed by atoms with Crippen LogP contribution in [0.15, 0.2) is 22.7 Å². The summed E-state index contributed by atoms with van der Waals surface area (Å²) < 4.78 is 1.06. The molecule has 1 aromatic carbocycles. The summed E-state index contributed by atoms with van der Waals surface area (Å²) in [6, 6.07) is 5.78. The van der Waals surface area contributed by atoms with E-state index in [9.17, 15) is 4.79 Å². The summed E-state index contributed by atoms with van der Waals surface area (Å²) in [4.78, 5) is 12.5. The summed E-state index contributed by atoms with van der Waals surface area (Å²) in [6.45, 7) is 0.